The molecule has 5 nitrogen and oxygen atoms in total. The maximum Gasteiger partial charge on any atom is 0.320 e. The average molecular weight is 309 g/mol. The summed E-state index contributed by atoms with van der Waals surface area (Å²) in [6.45, 7) is 2.05. The summed E-state index contributed by atoms with van der Waals surface area (Å²) in [6.07, 6.45) is 2.12. The Kier molecular flexibility index (Phi) is 4.04. The van der Waals surface area contributed by atoms with Crippen LogP contribution in [0.25, 0.3) is 10.9 Å². The molecule has 0 fully saturated rings. The first-order chi connectivity index (χ1) is 11.0. The number of hydrogen-bond donors (Lipinski definition) is 4. The highest BCUT2D eigenvalue weighted by molar-refractivity contribution is 5.88. The molecule has 0 unspecified atom stereocenters. The van der Waals surface area contributed by atoms with E-state index in [1.807, 2.05) is 42.6 Å². The second-order valence-corrected chi connectivity index (χ2v) is 5.66. The van der Waals surface area contributed by atoms with E-state index in [1.165, 1.54) is 0 Å². The van der Waals surface area contributed by atoms with E-state index in [9.17, 15) is 4.79 Å². The van der Waals surface area contributed by atoms with Crippen molar-refractivity contribution in [2.45, 2.75) is 19.4 Å². The van der Waals surface area contributed by atoms with Crippen LogP contribution in [0.4, 0.5) is 11.4 Å². The van der Waals surface area contributed by atoms with Crippen LogP contribution in [0.2, 0.25) is 0 Å². The number of aryl methyl sites for hydroxylation is 1. The number of H-pyrrole nitrogens is 1. The summed E-state index contributed by atoms with van der Waals surface area (Å²) in [7, 11) is 0. The molecule has 3 rings (SSSR count). The fraction of sp³-hybridized carbons (Fsp3) is 0.167. The first-order valence-corrected chi connectivity index (χ1v) is 7.45. The van der Waals surface area contributed by atoms with Gasteiger partial charge in [0.1, 0.15) is 6.04 Å². The Morgan fingerprint density at radius 1 is 1.30 bits per heavy atom. The summed E-state index contributed by atoms with van der Waals surface area (Å²) in [4.78, 5) is 14.1. The number of carboxylic acids is 1. The number of carbonyl (C=O) groups is 1. The number of anilines is 2. The molecule has 23 heavy (non-hydrogen) atoms. The summed E-state index contributed by atoms with van der Waals surface area (Å²) < 4.78 is 0. The molecule has 1 atom stereocenters. The van der Waals surface area contributed by atoms with Crippen molar-refractivity contribution in [1.29, 1.82) is 0 Å². The van der Waals surface area contributed by atoms with Gasteiger partial charge in [-0.25, -0.2) is 0 Å². The SMILES string of the molecule is Cc1ccccc1Nc1ccc2[nH]cc(C[C@H](N)C(=O)O)c2c1. The van der Waals surface area contributed by atoms with Crippen LogP contribution in [0.5, 0.6) is 0 Å². The normalized spacial score (nSPS) is 12.3. The number of nitrogens with one attached hydrogen (secondary N) is 2. The van der Waals surface area contributed by atoms with Gasteiger partial charge in [-0.2, -0.15) is 0 Å². The van der Waals surface area contributed by atoms with Crippen LogP contribution in [0.1, 0.15) is 11.1 Å². The van der Waals surface area contributed by atoms with Crippen molar-refractivity contribution in [3.8, 4) is 0 Å². The van der Waals surface area contributed by atoms with Crippen molar-refractivity contribution in [1.82, 2.24) is 4.98 Å². The zero-order valence-electron chi connectivity index (χ0n) is 12.8. The van der Waals surface area contributed by atoms with E-state index >= 15 is 0 Å². The second-order valence-electron chi connectivity index (χ2n) is 5.66. The minimum atomic E-state index is -0.992. The molecule has 118 valence electrons. The van der Waals surface area contributed by atoms with Crippen LogP contribution in [0, 0.1) is 6.92 Å². The predicted molar refractivity (Wildman–Crippen MR) is 92.1 cm³/mol. The van der Waals surface area contributed by atoms with Gasteiger partial charge < -0.3 is 21.1 Å². The summed E-state index contributed by atoms with van der Waals surface area (Å²) in [5, 5.41) is 13.4. The highest BCUT2D eigenvalue weighted by atomic mass is 16.4. The van der Waals surface area contributed by atoms with Crippen molar-refractivity contribution < 1.29 is 9.90 Å². The molecule has 0 aliphatic heterocycles. The Labute approximate surface area is 134 Å². The van der Waals surface area contributed by atoms with Crippen LogP contribution in [-0.2, 0) is 11.2 Å². The van der Waals surface area contributed by atoms with Crippen molar-refractivity contribution in [3.63, 3.8) is 0 Å². The maximum absolute atomic E-state index is 11.0. The van der Waals surface area contributed by atoms with Gasteiger partial charge in [0.15, 0.2) is 0 Å². The van der Waals surface area contributed by atoms with Crippen molar-refractivity contribution in [2.75, 3.05) is 5.32 Å². The number of fused-ring (bicyclic) bond motifs is 1. The van der Waals surface area contributed by atoms with Gasteiger partial charge in [-0.05, 0) is 42.3 Å². The first-order valence-electron chi connectivity index (χ1n) is 7.45. The fourth-order valence-corrected chi connectivity index (χ4v) is 2.62. The first kappa shape index (κ1) is 15.1. The van der Waals surface area contributed by atoms with E-state index in [0.29, 0.717) is 6.42 Å². The Morgan fingerprint density at radius 2 is 2.09 bits per heavy atom. The van der Waals surface area contributed by atoms with E-state index < -0.39 is 12.0 Å². The minimum Gasteiger partial charge on any atom is -0.480 e. The molecule has 0 aliphatic rings. The van der Waals surface area contributed by atoms with Crippen LogP contribution < -0.4 is 11.1 Å². The lowest BCUT2D eigenvalue weighted by molar-refractivity contribution is -0.138. The van der Waals surface area contributed by atoms with Gasteiger partial charge in [-0.1, -0.05) is 18.2 Å². The number of benzene rings is 2. The molecule has 0 bridgehead atoms. The monoisotopic (exact) mass is 309 g/mol. The Balaban J connectivity index is 1.91. The van der Waals surface area contributed by atoms with Crippen molar-refractivity contribution >= 4 is 28.2 Å². The predicted octanol–water partition coefficient (Wildman–Crippen LogP) is 3.17. The van der Waals surface area contributed by atoms with Crippen molar-refractivity contribution in [2.24, 2.45) is 5.73 Å². The van der Waals surface area contributed by atoms with E-state index in [0.717, 1.165) is 33.4 Å². The molecule has 0 saturated carbocycles. The molecule has 0 amide bonds. The van der Waals surface area contributed by atoms with Crippen LogP contribution in [0.15, 0.2) is 48.7 Å². The Bertz CT molecular complexity index is 854. The summed E-state index contributed by atoms with van der Waals surface area (Å²) in [6, 6.07) is 13.1. The molecular weight excluding hydrogens is 290 g/mol. The lowest BCUT2D eigenvalue weighted by Crippen LogP contribution is -2.32. The third-order valence-corrected chi connectivity index (χ3v) is 3.95. The van der Waals surface area contributed by atoms with Crippen LogP contribution in [-0.4, -0.2) is 22.1 Å². The number of aromatic nitrogens is 1. The smallest absolute Gasteiger partial charge is 0.320 e. The quantitative estimate of drug-likeness (QED) is 0.582. The lowest BCUT2D eigenvalue weighted by atomic mass is 10.1. The van der Waals surface area contributed by atoms with E-state index in [1.54, 1.807) is 0 Å². The number of rotatable bonds is 5. The zero-order chi connectivity index (χ0) is 16.4. The molecule has 0 saturated heterocycles. The lowest BCUT2D eigenvalue weighted by Gasteiger charge is -2.10. The number of carboxylic acid groups (broad SMARTS) is 1. The summed E-state index contributed by atoms with van der Waals surface area (Å²) in [5.41, 5.74) is 10.7. The van der Waals surface area contributed by atoms with Gasteiger partial charge in [0.25, 0.3) is 0 Å². The number of aliphatic carboxylic acids is 1. The van der Waals surface area contributed by atoms with Gasteiger partial charge in [-0.3, -0.25) is 4.79 Å². The van der Waals surface area contributed by atoms with Gasteiger partial charge in [0, 0.05) is 34.9 Å². The van der Waals surface area contributed by atoms with Gasteiger partial charge in [-0.15, -0.1) is 0 Å². The standard InChI is InChI=1S/C18H19N3O2/c1-11-4-2-3-5-16(11)21-13-6-7-17-14(9-13)12(10-20-17)8-15(19)18(22)23/h2-7,9-10,15,20-21H,8,19H2,1H3,(H,22,23)/t15-/m0/s1. The number of hydrogen-bond acceptors (Lipinski definition) is 3. The average Bonchev–Trinajstić information content (AvgIpc) is 2.92. The molecule has 0 aliphatic carbocycles. The molecule has 2 aromatic carbocycles. The van der Waals surface area contributed by atoms with Gasteiger partial charge >= 0.3 is 5.97 Å². The maximum atomic E-state index is 11.0. The number of aromatic amines is 1. The largest absolute Gasteiger partial charge is 0.480 e. The molecule has 1 aromatic heterocycles. The van der Waals surface area contributed by atoms with Gasteiger partial charge in [0.2, 0.25) is 0 Å². The fourth-order valence-electron chi connectivity index (χ4n) is 2.62. The zero-order valence-corrected chi connectivity index (χ0v) is 12.8. The molecule has 5 heteroatoms. The molecule has 0 spiro atoms. The van der Waals surface area contributed by atoms with Crippen molar-refractivity contribution in [3.05, 3.63) is 59.8 Å². The molecule has 0 radical (unpaired) electrons. The van der Waals surface area contributed by atoms with E-state index in [2.05, 4.69) is 23.3 Å². The van der Waals surface area contributed by atoms with Crippen LogP contribution in [0.3, 0.4) is 0 Å². The van der Waals surface area contributed by atoms with E-state index in [4.69, 9.17) is 10.8 Å². The molecular formula is C18H19N3O2. The third kappa shape index (κ3) is 3.19. The van der Waals surface area contributed by atoms with Crippen LogP contribution >= 0.6 is 0 Å². The molecule has 3 aromatic rings. The molecule has 1 heterocycles. The summed E-state index contributed by atoms with van der Waals surface area (Å²) in [5.74, 6) is -0.992. The highest BCUT2D eigenvalue weighted by Crippen LogP contribution is 2.26. The summed E-state index contributed by atoms with van der Waals surface area (Å²) >= 11 is 0. The molecule has 5 N–H and O–H groups in total. The number of para-hydroxylation sites is 1. The second kappa shape index (κ2) is 6.14. The minimum absolute atomic E-state index is 0.295. The Morgan fingerprint density at radius 3 is 2.83 bits per heavy atom. The Hall–Kier alpha value is -2.79. The number of nitrogens with two attached hydrogens (primary N) is 1. The van der Waals surface area contributed by atoms with E-state index in [-0.39, 0.29) is 0 Å². The topological polar surface area (TPSA) is 91.1 Å². The third-order valence-electron chi connectivity index (χ3n) is 3.95. The highest BCUT2D eigenvalue weighted by Gasteiger charge is 2.15. The van der Waals surface area contributed by atoms with Gasteiger partial charge in [0.05, 0.1) is 0 Å².